The number of benzene rings is 1. The summed E-state index contributed by atoms with van der Waals surface area (Å²) in [7, 11) is 3.76. The largest absolute Gasteiger partial charge is 0.416 e. The Labute approximate surface area is 177 Å². The molecule has 2 aromatic rings. The lowest BCUT2D eigenvalue weighted by atomic mass is 9.79. The molecule has 0 bridgehead atoms. The van der Waals surface area contributed by atoms with Gasteiger partial charge in [0.15, 0.2) is 0 Å². The van der Waals surface area contributed by atoms with Crippen LogP contribution in [0, 0.1) is 12.7 Å². The van der Waals surface area contributed by atoms with E-state index >= 15 is 0 Å². The third-order valence-corrected chi connectivity index (χ3v) is 5.49. The van der Waals surface area contributed by atoms with E-state index in [0.29, 0.717) is 49.5 Å². The molecule has 1 saturated carbocycles. The van der Waals surface area contributed by atoms with Gasteiger partial charge in [0.1, 0.15) is 23.3 Å². The Morgan fingerprint density at radius 3 is 2.32 bits per heavy atom. The van der Waals surface area contributed by atoms with Crippen molar-refractivity contribution >= 4 is 17.5 Å². The molecule has 1 aliphatic rings. The van der Waals surface area contributed by atoms with Crippen molar-refractivity contribution in [3.63, 3.8) is 0 Å². The maximum absolute atomic E-state index is 14.6. The molecule has 1 aromatic carbocycles. The number of aromatic nitrogens is 2. The van der Waals surface area contributed by atoms with Gasteiger partial charge in [-0.25, -0.2) is 14.4 Å². The summed E-state index contributed by atoms with van der Waals surface area (Å²) in [5.41, 5.74) is 3.65. The molecule has 1 heterocycles. The third kappa shape index (κ3) is 5.23. The first-order chi connectivity index (χ1) is 14.5. The maximum atomic E-state index is 14.6. The second-order valence-corrected chi connectivity index (χ2v) is 8.03. The number of primary amides is 1. The van der Waals surface area contributed by atoms with Gasteiger partial charge >= 0.3 is 6.18 Å². The smallest absolute Gasteiger partial charge is 0.367 e. The van der Waals surface area contributed by atoms with Crippen LogP contribution in [-0.2, 0) is 6.18 Å². The van der Waals surface area contributed by atoms with E-state index in [0.717, 1.165) is 5.82 Å². The summed E-state index contributed by atoms with van der Waals surface area (Å²) in [6.07, 6.45) is -2.46. The number of carbonyl (C=O) groups is 1. The number of hydrogen-bond donors (Lipinski definition) is 2. The van der Waals surface area contributed by atoms with Gasteiger partial charge in [-0.2, -0.15) is 13.2 Å². The number of carbonyl (C=O) groups excluding carboxylic acids is 1. The highest BCUT2D eigenvalue weighted by Crippen LogP contribution is 2.39. The summed E-state index contributed by atoms with van der Waals surface area (Å²) in [5, 5.41) is 3.36. The summed E-state index contributed by atoms with van der Waals surface area (Å²) >= 11 is 0. The van der Waals surface area contributed by atoms with Gasteiger partial charge in [0.05, 0.1) is 5.56 Å². The van der Waals surface area contributed by atoms with E-state index in [4.69, 9.17) is 5.73 Å². The van der Waals surface area contributed by atoms with E-state index in [-0.39, 0.29) is 17.5 Å². The van der Waals surface area contributed by atoms with Crippen molar-refractivity contribution < 1.29 is 22.4 Å². The van der Waals surface area contributed by atoms with Gasteiger partial charge < -0.3 is 16.0 Å². The Bertz CT molecular complexity index is 969. The molecular formula is C21H25F4N5O. The van der Waals surface area contributed by atoms with Gasteiger partial charge in [-0.05, 0) is 50.7 Å². The average Bonchev–Trinajstić information content (AvgIpc) is 2.67. The van der Waals surface area contributed by atoms with Crippen LogP contribution in [0.2, 0.25) is 0 Å². The highest BCUT2D eigenvalue weighted by Gasteiger charge is 2.35. The Kier molecular flexibility index (Phi) is 6.38. The highest BCUT2D eigenvalue weighted by atomic mass is 19.4. The maximum Gasteiger partial charge on any atom is 0.416 e. The van der Waals surface area contributed by atoms with Crippen LogP contribution in [0.5, 0.6) is 0 Å². The fourth-order valence-corrected chi connectivity index (χ4v) is 3.99. The van der Waals surface area contributed by atoms with Gasteiger partial charge in [-0.1, -0.05) is 0 Å². The SMILES string of the molecule is Cc1nc(NC2CCC(c3c(F)cc(C(F)(F)F)cc3C(N)=O)CC2)cc(N(C)C)n1. The van der Waals surface area contributed by atoms with Crippen LogP contribution in [0.4, 0.5) is 29.2 Å². The lowest BCUT2D eigenvalue weighted by Gasteiger charge is -2.31. The summed E-state index contributed by atoms with van der Waals surface area (Å²) < 4.78 is 53.7. The number of alkyl halides is 3. The van der Waals surface area contributed by atoms with Crippen LogP contribution in [0.15, 0.2) is 18.2 Å². The van der Waals surface area contributed by atoms with Crippen molar-refractivity contribution in [3.05, 3.63) is 46.5 Å². The van der Waals surface area contributed by atoms with Gasteiger partial charge in [0.2, 0.25) is 5.91 Å². The predicted octanol–water partition coefficient (Wildman–Crippen LogP) is 4.25. The highest BCUT2D eigenvalue weighted by molar-refractivity contribution is 5.95. The summed E-state index contributed by atoms with van der Waals surface area (Å²) in [6.45, 7) is 1.80. The summed E-state index contributed by atoms with van der Waals surface area (Å²) in [4.78, 5) is 22.4. The first-order valence-corrected chi connectivity index (χ1v) is 9.95. The average molecular weight is 439 g/mol. The summed E-state index contributed by atoms with van der Waals surface area (Å²) in [6, 6.07) is 2.99. The van der Waals surface area contributed by atoms with E-state index in [2.05, 4.69) is 15.3 Å². The van der Waals surface area contributed by atoms with E-state index in [1.807, 2.05) is 25.1 Å². The normalized spacial score (nSPS) is 19.2. The number of rotatable bonds is 5. The number of anilines is 2. The first kappa shape index (κ1) is 22.8. The molecule has 3 rings (SSSR count). The van der Waals surface area contributed by atoms with Crippen LogP contribution in [0.1, 0.15) is 58.9 Å². The lowest BCUT2D eigenvalue weighted by molar-refractivity contribution is -0.137. The molecule has 3 N–H and O–H groups in total. The topological polar surface area (TPSA) is 84.1 Å². The van der Waals surface area contributed by atoms with Crippen molar-refractivity contribution in [3.8, 4) is 0 Å². The minimum absolute atomic E-state index is 0.0216. The molecule has 6 nitrogen and oxygen atoms in total. The minimum Gasteiger partial charge on any atom is -0.367 e. The molecule has 1 aromatic heterocycles. The molecule has 1 amide bonds. The predicted molar refractivity (Wildman–Crippen MR) is 110 cm³/mol. The molecule has 1 fully saturated rings. The molecule has 0 atom stereocenters. The van der Waals surface area contributed by atoms with Crippen molar-refractivity contribution in [1.82, 2.24) is 9.97 Å². The van der Waals surface area contributed by atoms with Crippen LogP contribution in [-0.4, -0.2) is 36.0 Å². The molecule has 1 aliphatic carbocycles. The fourth-order valence-electron chi connectivity index (χ4n) is 3.99. The standard InChI is InChI=1S/C21H25F4N5O/c1-11-27-17(10-18(28-11)30(2)3)29-14-6-4-12(5-7-14)19-15(20(26)31)8-13(9-16(19)22)21(23,24)25/h8-10,12,14H,4-7H2,1-3H3,(H2,26,31)(H,27,28,29). The Hall–Kier alpha value is -2.91. The zero-order valence-corrected chi connectivity index (χ0v) is 17.6. The molecule has 168 valence electrons. The first-order valence-electron chi connectivity index (χ1n) is 9.95. The molecule has 0 aliphatic heterocycles. The minimum atomic E-state index is -4.76. The number of amides is 1. The Balaban J connectivity index is 1.76. The number of aryl methyl sites for hydroxylation is 1. The van der Waals surface area contributed by atoms with Gasteiger partial charge in [0, 0.05) is 37.3 Å². The van der Waals surface area contributed by atoms with E-state index in [1.54, 1.807) is 6.92 Å². The van der Waals surface area contributed by atoms with Crippen LogP contribution in [0.25, 0.3) is 0 Å². The number of halogens is 4. The van der Waals surface area contributed by atoms with Crippen molar-refractivity contribution in [1.29, 1.82) is 0 Å². The number of nitrogens with zero attached hydrogens (tertiary/aromatic N) is 3. The molecular weight excluding hydrogens is 414 g/mol. The number of hydrogen-bond acceptors (Lipinski definition) is 5. The van der Waals surface area contributed by atoms with E-state index < -0.39 is 29.0 Å². The van der Waals surface area contributed by atoms with E-state index in [9.17, 15) is 22.4 Å². The van der Waals surface area contributed by atoms with Crippen molar-refractivity contribution in [2.75, 3.05) is 24.3 Å². The Morgan fingerprint density at radius 1 is 1.13 bits per heavy atom. The zero-order chi connectivity index (χ0) is 22.9. The Morgan fingerprint density at radius 2 is 1.77 bits per heavy atom. The number of nitrogens with one attached hydrogen (secondary N) is 1. The third-order valence-electron chi connectivity index (χ3n) is 5.49. The number of nitrogens with two attached hydrogens (primary N) is 1. The molecule has 10 heteroatoms. The van der Waals surface area contributed by atoms with Gasteiger partial charge in [0.25, 0.3) is 0 Å². The van der Waals surface area contributed by atoms with Crippen LogP contribution >= 0.6 is 0 Å². The second-order valence-electron chi connectivity index (χ2n) is 8.03. The van der Waals surface area contributed by atoms with Crippen LogP contribution < -0.4 is 16.0 Å². The molecule has 0 unspecified atom stereocenters. The monoisotopic (exact) mass is 439 g/mol. The lowest BCUT2D eigenvalue weighted by Crippen LogP contribution is -2.28. The molecule has 31 heavy (non-hydrogen) atoms. The van der Waals surface area contributed by atoms with Gasteiger partial charge in [-0.15, -0.1) is 0 Å². The summed E-state index contributed by atoms with van der Waals surface area (Å²) in [5.74, 6) is -0.414. The fraction of sp³-hybridized carbons (Fsp3) is 0.476. The quantitative estimate of drug-likeness (QED) is 0.681. The second kappa shape index (κ2) is 8.68. The van der Waals surface area contributed by atoms with Crippen molar-refractivity contribution in [2.24, 2.45) is 5.73 Å². The molecule has 0 saturated heterocycles. The zero-order valence-electron chi connectivity index (χ0n) is 17.6. The van der Waals surface area contributed by atoms with Crippen molar-refractivity contribution in [2.45, 2.75) is 50.7 Å². The van der Waals surface area contributed by atoms with Crippen LogP contribution in [0.3, 0.4) is 0 Å². The molecule has 0 spiro atoms. The van der Waals surface area contributed by atoms with E-state index in [1.165, 1.54) is 0 Å². The van der Waals surface area contributed by atoms with Gasteiger partial charge in [-0.3, -0.25) is 4.79 Å². The molecule has 0 radical (unpaired) electrons.